The van der Waals surface area contributed by atoms with Crippen molar-refractivity contribution in [3.63, 3.8) is 0 Å². The molecule has 348 valence electrons. The minimum absolute atomic E-state index is 0.0600. The summed E-state index contributed by atoms with van der Waals surface area (Å²) < 4.78 is 10.7. The zero-order valence-electron chi connectivity index (χ0n) is 39.8. The van der Waals surface area contributed by atoms with E-state index in [1.165, 1.54) is 225 Å². The van der Waals surface area contributed by atoms with Gasteiger partial charge in [0.2, 0.25) is 0 Å². The summed E-state index contributed by atoms with van der Waals surface area (Å²) in [5.41, 5.74) is 0. The predicted molar refractivity (Wildman–Crippen MR) is 256 cm³/mol. The highest BCUT2D eigenvalue weighted by Gasteiger charge is 2.16. The van der Waals surface area contributed by atoms with Gasteiger partial charge in [-0.25, -0.2) is 0 Å². The largest absolute Gasteiger partial charge is 0.462 e. The molecule has 0 aromatic rings. The molecule has 1 unspecified atom stereocenters. The summed E-state index contributed by atoms with van der Waals surface area (Å²) in [6.45, 7) is 4.17. The zero-order valence-corrected chi connectivity index (χ0v) is 39.8. The molecule has 5 heteroatoms. The number of esters is 2. The van der Waals surface area contributed by atoms with Crippen molar-refractivity contribution in [2.75, 3.05) is 13.2 Å². The molecule has 1 atom stereocenters. The van der Waals surface area contributed by atoms with E-state index in [-0.39, 0.29) is 25.2 Å². The maximum Gasteiger partial charge on any atom is 0.306 e. The van der Waals surface area contributed by atoms with Crippen molar-refractivity contribution in [3.8, 4) is 0 Å². The lowest BCUT2D eigenvalue weighted by molar-refractivity contribution is -0.161. The van der Waals surface area contributed by atoms with E-state index in [0.29, 0.717) is 12.8 Å². The average Bonchev–Trinajstić information content (AvgIpc) is 3.24. The molecule has 0 amide bonds. The lowest BCUT2D eigenvalue weighted by Gasteiger charge is -2.15. The summed E-state index contributed by atoms with van der Waals surface area (Å²) >= 11 is 0. The number of rotatable bonds is 49. The highest BCUT2D eigenvalue weighted by atomic mass is 16.6. The van der Waals surface area contributed by atoms with Crippen LogP contribution in [0.15, 0.2) is 24.3 Å². The van der Waals surface area contributed by atoms with Crippen molar-refractivity contribution in [2.45, 2.75) is 296 Å². The van der Waals surface area contributed by atoms with Gasteiger partial charge in [-0.05, 0) is 44.9 Å². The van der Waals surface area contributed by atoms with Crippen molar-refractivity contribution in [1.29, 1.82) is 0 Å². The summed E-state index contributed by atoms with van der Waals surface area (Å²) in [5.74, 6) is -0.574. The summed E-state index contributed by atoms with van der Waals surface area (Å²) in [5, 5.41) is 9.63. The van der Waals surface area contributed by atoms with Crippen molar-refractivity contribution >= 4 is 11.9 Å². The average molecular weight is 831 g/mol. The molecule has 59 heavy (non-hydrogen) atoms. The Morgan fingerprint density at radius 2 is 0.678 bits per heavy atom. The third-order valence-corrected chi connectivity index (χ3v) is 12.0. The van der Waals surface area contributed by atoms with Crippen LogP contribution in [0.3, 0.4) is 0 Å². The third kappa shape index (κ3) is 48.9. The standard InChI is InChI=1S/C54H102O5/c1-3-5-7-9-11-13-15-17-19-21-23-25-26-27-28-29-31-33-35-37-39-41-43-45-47-49-54(57)59-52(50-55)51-58-53(56)48-46-44-42-40-38-36-34-32-30-24-22-20-18-16-14-12-10-8-6-4-2/h15,17,21,23,52,55H,3-14,16,18-20,22,24-51H2,1-2H3/b17-15-,23-21-. The van der Waals surface area contributed by atoms with Crippen LogP contribution in [0.5, 0.6) is 0 Å². The molecule has 0 spiro atoms. The summed E-state index contributed by atoms with van der Waals surface area (Å²) in [6.07, 6.45) is 62.8. The Morgan fingerprint density at radius 3 is 1.00 bits per heavy atom. The normalized spacial score (nSPS) is 12.3. The number of ether oxygens (including phenoxy) is 2. The van der Waals surface area contributed by atoms with Gasteiger partial charge in [-0.3, -0.25) is 9.59 Å². The number of allylic oxidation sites excluding steroid dienone is 4. The van der Waals surface area contributed by atoms with Crippen LogP contribution in [-0.2, 0) is 19.1 Å². The van der Waals surface area contributed by atoms with Gasteiger partial charge in [0.05, 0.1) is 6.61 Å². The fourth-order valence-electron chi connectivity index (χ4n) is 8.00. The second-order valence-electron chi connectivity index (χ2n) is 18.0. The first-order chi connectivity index (χ1) is 29.1. The van der Waals surface area contributed by atoms with Crippen LogP contribution in [0, 0.1) is 0 Å². The van der Waals surface area contributed by atoms with Gasteiger partial charge >= 0.3 is 11.9 Å². The van der Waals surface area contributed by atoms with E-state index in [1.54, 1.807) is 0 Å². The van der Waals surface area contributed by atoms with Crippen LogP contribution < -0.4 is 0 Å². The number of aliphatic hydroxyl groups is 1. The first-order valence-corrected chi connectivity index (χ1v) is 26.4. The lowest BCUT2D eigenvalue weighted by Crippen LogP contribution is -2.28. The van der Waals surface area contributed by atoms with Crippen molar-refractivity contribution in [1.82, 2.24) is 0 Å². The summed E-state index contributed by atoms with van der Waals surface area (Å²) in [4.78, 5) is 24.5. The smallest absolute Gasteiger partial charge is 0.306 e. The van der Waals surface area contributed by atoms with Crippen LogP contribution in [0.4, 0.5) is 0 Å². The quantitative estimate of drug-likeness (QED) is 0.0376. The molecule has 0 saturated carbocycles. The van der Waals surface area contributed by atoms with E-state index in [1.807, 2.05) is 0 Å². The second-order valence-corrected chi connectivity index (χ2v) is 18.0. The van der Waals surface area contributed by atoms with Gasteiger partial charge in [0.1, 0.15) is 6.61 Å². The van der Waals surface area contributed by atoms with Gasteiger partial charge < -0.3 is 14.6 Å². The Morgan fingerprint density at radius 1 is 0.390 bits per heavy atom. The topological polar surface area (TPSA) is 72.8 Å². The molecule has 0 bridgehead atoms. The van der Waals surface area contributed by atoms with Gasteiger partial charge in [0.25, 0.3) is 0 Å². The molecule has 0 saturated heterocycles. The Bertz CT molecular complexity index is 897. The van der Waals surface area contributed by atoms with Gasteiger partial charge in [-0.1, -0.05) is 256 Å². The number of hydrogen-bond acceptors (Lipinski definition) is 5. The molecule has 0 rings (SSSR count). The number of hydrogen-bond donors (Lipinski definition) is 1. The Labute approximate surface area is 368 Å². The van der Waals surface area contributed by atoms with Crippen LogP contribution in [0.25, 0.3) is 0 Å². The number of unbranched alkanes of at least 4 members (excludes halogenated alkanes) is 37. The Balaban J connectivity index is 3.45. The second kappa shape index (κ2) is 50.7. The van der Waals surface area contributed by atoms with E-state index >= 15 is 0 Å². The Kier molecular flexibility index (Phi) is 49.3. The van der Waals surface area contributed by atoms with E-state index in [2.05, 4.69) is 38.2 Å². The van der Waals surface area contributed by atoms with E-state index in [0.717, 1.165) is 38.5 Å². The van der Waals surface area contributed by atoms with E-state index in [9.17, 15) is 14.7 Å². The number of aliphatic hydroxyl groups excluding tert-OH is 1. The molecule has 0 radical (unpaired) electrons. The van der Waals surface area contributed by atoms with E-state index in [4.69, 9.17) is 9.47 Å². The highest BCUT2D eigenvalue weighted by Crippen LogP contribution is 2.17. The van der Waals surface area contributed by atoms with Crippen LogP contribution in [0.1, 0.15) is 290 Å². The van der Waals surface area contributed by atoms with Crippen molar-refractivity contribution < 1.29 is 24.2 Å². The highest BCUT2D eigenvalue weighted by molar-refractivity contribution is 5.70. The first-order valence-electron chi connectivity index (χ1n) is 26.4. The SMILES string of the molecule is CCCCCCC/C=C\C/C=C\CCCCCCCCCCCCCCCC(=O)OC(CO)COC(=O)CCCCCCCCCCCCCCCCCCCCCC. The fraction of sp³-hybridized carbons (Fsp3) is 0.889. The van der Waals surface area contributed by atoms with Crippen LogP contribution >= 0.6 is 0 Å². The fourth-order valence-corrected chi connectivity index (χ4v) is 8.00. The van der Waals surface area contributed by atoms with Crippen molar-refractivity contribution in [3.05, 3.63) is 24.3 Å². The molecule has 0 fully saturated rings. The predicted octanol–water partition coefficient (Wildman–Crippen LogP) is 17.4. The molecule has 0 aromatic heterocycles. The van der Waals surface area contributed by atoms with Crippen LogP contribution in [0.2, 0.25) is 0 Å². The monoisotopic (exact) mass is 831 g/mol. The molecule has 5 nitrogen and oxygen atoms in total. The molecular weight excluding hydrogens is 729 g/mol. The zero-order chi connectivity index (χ0) is 42.8. The summed E-state index contributed by atoms with van der Waals surface area (Å²) in [7, 11) is 0. The molecular formula is C54H102O5. The molecule has 0 aliphatic heterocycles. The first kappa shape index (κ1) is 57.4. The third-order valence-electron chi connectivity index (χ3n) is 12.0. The van der Waals surface area contributed by atoms with Gasteiger partial charge in [-0.2, -0.15) is 0 Å². The van der Waals surface area contributed by atoms with Gasteiger partial charge in [-0.15, -0.1) is 0 Å². The number of carbonyl (C=O) groups excluding carboxylic acids is 2. The minimum atomic E-state index is -0.768. The molecule has 1 N–H and O–H groups in total. The van der Waals surface area contributed by atoms with Gasteiger partial charge in [0, 0.05) is 12.8 Å². The van der Waals surface area contributed by atoms with Crippen molar-refractivity contribution in [2.24, 2.45) is 0 Å². The van der Waals surface area contributed by atoms with Gasteiger partial charge in [0.15, 0.2) is 6.10 Å². The Hall–Kier alpha value is -1.62. The molecule has 0 aliphatic rings. The maximum absolute atomic E-state index is 12.3. The molecule has 0 aromatic carbocycles. The maximum atomic E-state index is 12.3. The van der Waals surface area contributed by atoms with Crippen LogP contribution in [-0.4, -0.2) is 36.4 Å². The molecule has 0 aliphatic carbocycles. The minimum Gasteiger partial charge on any atom is -0.462 e. The lowest BCUT2D eigenvalue weighted by atomic mass is 10.0. The number of carbonyl (C=O) groups is 2. The molecule has 0 heterocycles. The van der Waals surface area contributed by atoms with E-state index < -0.39 is 6.10 Å². The summed E-state index contributed by atoms with van der Waals surface area (Å²) in [6, 6.07) is 0.